The van der Waals surface area contributed by atoms with E-state index in [1.165, 1.54) is 23.4 Å². The molecule has 2 aliphatic carbocycles. The summed E-state index contributed by atoms with van der Waals surface area (Å²) in [5, 5.41) is 8.71. The first kappa shape index (κ1) is 52.5. The normalized spacial score (nSPS) is 16.1. The third kappa shape index (κ3) is 16.9. The van der Waals surface area contributed by atoms with E-state index in [1.807, 2.05) is 6.92 Å². The fraction of sp³-hybridized carbons (Fsp3) is 0.451. The SMILES string of the molecule is Cc1cn(-c2cc(NC(=O)c3ccc(C)c(Nc4nccc(-c5cncc(OCCOCCOCCOCCOCCOCCOCCNC(=O)CC6CC7C=CC6C7)c5)n4)c3)cc(C(F)(F)F)c2)cn1. The maximum absolute atomic E-state index is 13.8. The average molecular weight is 987 g/mol. The van der Waals surface area contributed by atoms with Crippen molar-refractivity contribution in [3.63, 3.8) is 0 Å². The Morgan fingerprint density at radius 3 is 2.08 bits per heavy atom. The van der Waals surface area contributed by atoms with Crippen molar-refractivity contribution in [2.24, 2.45) is 17.8 Å². The molecule has 2 bridgehead atoms. The van der Waals surface area contributed by atoms with Crippen LogP contribution in [-0.2, 0) is 39.4 Å². The molecule has 1 fully saturated rings. The molecule has 380 valence electrons. The summed E-state index contributed by atoms with van der Waals surface area (Å²) in [6, 6.07) is 11.7. The molecule has 3 atom stereocenters. The monoisotopic (exact) mass is 986 g/mol. The highest BCUT2D eigenvalue weighted by Gasteiger charge is 2.36. The van der Waals surface area contributed by atoms with E-state index in [4.69, 9.17) is 33.2 Å². The van der Waals surface area contributed by atoms with Crippen LogP contribution in [0.3, 0.4) is 0 Å². The second kappa shape index (κ2) is 26.8. The van der Waals surface area contributed by atoms with Gasteiger partial charge >= 0.3 is 6.18 Å². The molecule has 1 saturated carbocycles. The topological polar surface area (TPSA) is 191 Å². The van der Waals surface area contributed by atoms with Gasteiger partial charge < -0.3 is 53.7 Å². The summed E-state index contributed by atoms with van der Waals surface area (Å²) in [6.45, 7) is 9.54. The summed E-state index contributed by atoms with van der Waals surface area (Å²) in [4.78, 5) is 42.9. The van der Waals surface area contributed by atoms with Gasteiger partial charge in [-0.1, -0.05) is 18.2 Å². The highest BCUT2D eigenvalue weighted by Crippen LogP contribution is 2.44. The first-order chi connectivity index (χ1) is 34.5. The lowest BCUT2D eigenvalue weighted by Crippen LogP contribution is -2.30. The molecule has 3 heterocycles. The molecular formula is C51H61F3N8O9. The van der Waals surface area contributed by atoms with Crippen LogP contribution in [0.1, 0.15) is 46.4 Å². The van der Waals surface area contributed by atoms with E-state index in [2.05, 4.69) is 48.0 Å². The van der Waals surface area contributed by atoms with E-state index in [1.54, 1.807) is 62.0 Å². The van der Waals surface area contributed by atoms with E-state index in [9.17, 15) is 22.8 Å². The number of rotatable bonds is 30. The maximum Gasteiger partial charge on any atom is 0.416 e. The van der Waals surface area contributed by atoms with Gasteiger partial charge in [-0.3, -0.25) is 14.6 Å². The Balaban J connectivity index is 0.713. The Hall–Kier alpha value is -6.29. The number of hydrogen-bond donors (Lipinski definition) is 3. The number of hydrogen-bond acceptors (Lipinski definition) is 14. The summed E-state index contributed by atoms with van der Waals surface area (Å²) in [6.07, 6.45) is 10.7. The van der Waals surface area contributed by atoms with Crippen molar-refractivity contribution < 1.29 is 55.9 Å². The van der Waals surface area contributed by atoms with Gasteiger partial charge in [0.05, 0.1) is 109 Å². The smallest absolute Gasteiger partial charge is 0.416 e. The van der Waals surface area contributed by atoms with E-state index in [-0.39, 0.29) is 35.4 Å². The molecule has 2 amide bonds. The number of anilines is 3. The highest BCUT2D eigenvalue weighted by molar-refractivity contribution is 6.05. The van der Waals surface area contributed by atoms with E-state index >= 15 is 0 Å². The standard InChI is InChI=1S/C51H61F3N8O9/c1-35-3-5-39(49(64)59-43-28-42(51(52,53)54)29-44(30-43)62-33-36(2)58-34-62)26-47(35)61-50-57-8-7-46(60-50)41-25-45(32-55-31-41)71-22-21-70-20-19-69-18-17-68-16-15-67-14-13-66-12-11-65-10-9-56-48(63)27-40-24-37-4-6-38(40)23-37/h3-8,25-26,28-34,37-38,40H,9-24,27H2,1-2H3,(H,56,63)(H,59,64)(H,57,60,61). The highest BCUT2D eigenvalue weighted by atomic mass is 19.4. The molecule has 0 aliphatic heterocycles. The number of allylic oxidation sites excluding steroid dienone is 2. The van der Waals surface area contributed by atoms with Crippen LogP contribution in [0.5, 0.6) is 5.75 Å². The molecule has 3 unspecified atom stereocenters. The van der Waals surface area contributed by atoms with Gasteiger partial charge in [0.15, 0.2) is 0 Å². The number of carbonyl (C=O) groups is 2. The molecule has 0 spiro atoms. The predicted octanol–water partition coefficient (Wildman–Crippen LogP) is 7.55. The lowest BCUT2D eigenvalue weighted by molar-refractivity contribution is -0.137. The molecule has 17 nitrogen and oxygen atoms in total. The van der Waals surface area contributed by atoms with Crippen molar-refractivity contribution in [2.75, 3.05) is 103 Å². The maximum atomic E-state index is 13.8. The van der Waals surface area contributed by atoms with Gasteiger partial charge in [-0.05, 0) is 92.5 Å². The second-order valence-electron chi connectivity index (χ2n) is 17.1. The van der Waals surface area contributed by atoms with E-state index < -0.39 is 17.6 Å². The fourth-order valence-electron chi connectivity index (χ4n) is 8.12. The number of ether oxygens (including phenoxy) is 7. The van der Waals surface area contributed by atoms with Gasteiger partial charge in [-0.15, -0.1) is 0 Å². The minimum Gasteiger partial charge on any atom is -0.490 e. The van der Waals surface area contributed by atoms with Crippen molar-refractivity contribution in [2.45, 2.75) is 39.3 Å². The lowest BCUT2D eigenvalue weighted by atomic mass is 9.90. The largest absolute Gasteiger partial charge is 0.490 e. The Morgan fingerprint density at radius 1 is 0.761 bits per heavy atom. The predicted molar refractivity (Wildman–Crippen MR) is 258 cm³/mol. The van der Waals surface area contributed by atoms with Gasteiger partial charge in [0.25, 0.3) is 5.91 Å². The molecular weight excluding hydrogens is 926 g/mol. The molecule has 7 rings (SSSR count). The number of aryl methyl sites for hydroxylation is 2. The van der Waals surface area contributed by atoms with Crippen LogP contribution in [0, 0.1) is 31.6 Å². The summed E-state index contributed by atoms with van der Waals surface area (Å²) in [5.41, 5.74) is 2.61. The Labute approximate surface area is 410 Å². The molecule has 3 N–H and O–H groups in total. The molecule has 0 saturated heterocycles. The third-order valence-electron chi connectivity index (χ3n) is 11.7. The van der Waals surface area contributed by atoms with Gasteiger partial charge in [0.1, 0.15) is 12.4 Å². The summed E-state index contributed by atoms with van der Waals surface area (Å²) in [7, 11) is 0. The molecule has 2 aromatic carbocycles. The van der Waals surface area contributed by atoms with Gasteiger partial charge in [-0.2, -0.15) is 13.2 Å². The minimum atomic E-state index is -4.64. The number of alkyl halides is 3. The third-order valence-corrected chi connectivity index (χ3v) is 11.7. The summed E-state index contributed by atoms with van der Waals surface area (Å²) < 4.78 is 82.2. The minimum absolute atomic E-state index is 0.0288. The van der Waals surface area contributed by atoms with Crippen molar-refractivity contribution in [3.05, 3.63) is 114 Å². The Kier molecular flexibility index (Phi) is 19.8. The fourth-order valence-corrected chi connectivity index (χ4v) is 8.12. The lowest BCUT2D eigenvalue weighted by Gasteiger charge is -2.17. The number of amides is 2. The zero-order chi connectivity index (χ0) is 49.8. The number of nitrogens with zero attached hydrogens (tertiary/aromatic N) is 5. The van der Waals surface area contributed by atoms with E-state index in [0.717, 1.165) is 24.1 Å². The molecule has 20 heteroatoms. The van der Waals surface area contributed by atoms with Crippen LogP contribution in [0.2, 0.25) is 0 Å². The Morgan fingerprint density at radius 2 is 1.45 bits per heavy atom. The van der Waals surface area contributed by atoms with Crippen LogP contribution in [0.4, 0.5) is 30.5 Å². The number of carbonyl (C=O) groups excluding carboxylic acids is 2. The van der Waals surface area contributed by atoms with Crippen molar-refractivity contribution in [1.82, 2.24) is 29.8 Å². The molecule has 0 radical (unpaired) electrons. The molecule has 71 heavy (non-hydrogen) atoms. The van der Waals surface area contributed by atoms with Crippen LogP contribution in [-0.4, -0.2) is 129 Å². The second-order valence-corrected chi connectivity index (χ2v) is 17.1. The van der Waals surface area contributed by atoms with Crippen molar-refractivity contribution in [3.8, 4) is 22.7 Å². The summed E-state index contributed by atoms with van der Waals surface area (Å²) in [5.74, 6) is 2.02. The zero-order valence-electron chi connectivity index (χ0n) is 40.0. The van der Waals surface area contributed by atoms with Crippen LogP contribution in [0.25, 0.3) is 16.9 Å². The number of nitrogens with one attached hydrogen (secondary N) is 3. The van der Waals surface area contributed by atoms with Crippen molar-refractivity contribution in [1.29, 1.82) is 0 Å². The number of pyridine rings is 1. The zero-order valence-corrected chi connectivity index (χ0v) is 40.0. The van der Waals surface area contributed by atoms with Crippen LogP contribution in [0.15, 0.2) is 91.8 Å². The number of imidazole rings is 1. The number of halogens is 3. The number of fused-ring (bicyclic) bond motifs is 2. The van der Waals surface area contributed by atoms with Gasteiger partial charge in [0.2, 0.25) is 11.9 Å². The van der Waals surface area contributed by atoms with Crippen molar-refractivity contribution >= 4 is 29.1 Å². The molecule has 5 aromatic rings. The van der Waals surface area contributed by atoms with Crippen LogP contribution >= 0.6 is 0 Å². The van der Waals surface area contributed by atoms with Gasteiger partial charge in [0, 0.05) is 59.7 Å². The molecule has 2 aliphatic rings. The first-order valence-electron chi connectivity index (χ1n) is 23.7. The van der Waals surface area contributed by atoms with Crippen LogP contribution < -0.4 is 20.7 Å². The summed E-state index contributed by atoms with van der Waals surface area (Å²) >= 11 is 0. The molecule has 3 aromatic heterocycles. The Bertz CT molecular complexity index is 2530. The number of aromatic nitrogens is 5. The van der Waals surface area contributed by atoms with Gasteiger partial charge in [-0.25, -0.2) is 15.0 Å². The average Bonchev–Trinajstić information content (AvgIpc) is 4.12. The number of benzene rings is 2. The first-order valence-corrected chi connectivity index (χ1v) is 23.7. The van der Waals surface area contributed by atoms with E-state index in [0.29, 0.717) is 138 Å². The quantitative estimate of drug-likeness (QED) is 0.0302.